The highest BCUT2D eigenvalue weighted by Crippen LogP contribution is 2.46. The van der Waals surface area contributed by atoms with Gasteiger partial charge < -0.3 is 5.11 Å². The summed E-state index contributed by atoms with van der Waals surface area (Å²) in [6.07, 6.45) is 4.24. The largest absolute Gasteiger partial charge is 0.385 e. The van der Waals surface area contributed by atoms with Gasteiger partial charge in [0.15, 0.2) is 0 Å². The summed E-state index contributed by atoms with van der Waals surface area (Å²) in [4.78, 5) is 0. The summed E-state index contributed by atoms with van der Waals surface area (Å²) >= 11 is 0. The molecule has 0 heterocycles. The highest BCUT2D eigenvalue weighted by Gasteiger charge is 2.42. The molecule has 0 spiro atoms. The van der Waals surface area contributed by atoms with Crippen LogP contribution in [0.5, 0.6) is 0 Å². The van der Waals surface area contributed by atoms with Gasteiger partial charge in [0, 0.05) is 0 Å². The highest BCUT2D eigenvalue weighted by atomic mass is 16.3. The Morgan fingerprint density at radius 2 is 1.94 bits per heavy atom. The maximum Gasteiger partial charge on any atom is 0.0930 e. The Morgan fingerprint density at radius 3 is 2.78 bits per heavy atom. The predicted molar refractivity (Wildman–Crippen MR) is 75.5 cm³/mol. The van der Waals surface area contributed by atoms with E-state index in [0.29, 0.717) is 5.92 Å². The van der Waals surface area contributed by atoms with Crippen molar-refractivity contribution in [2.45, 2.75) is 38.2 Å². The molecule has 2 atom stereocenters. The molecule has 0 amide bonds. The van der Waals surface area contributed by atoms with Gasteiger partial charge in [0.05, 0.1) is 5.60 Å². The summed E-state index contributed by atoms with van der Waals surface area (Å²) in [5, 5.41) is 13.6. The second kappa shape index (κ2) is 4.40. The van der Waals surface area contributed by atoms with Crippen molar-refractivity contribution in [1.29, 1.82) is 0 Å². The molecule has 1 fully saturated rings. The van der Waals surface area contributed by atoms with Crippen molar-refractivity contribution in [2.75, 3.05) is 0 Å². The van der Waals surface area contributed by atoms with Crippen LogP contribution in [0.2, 0.25) is 0 Å². The summed E-state index contributed by atoms with van der Waals surface area (Å²) in [6.45, 7) is 2.19. The molecule has 1 aliphatic rings. The van der Waals surface area contributed by atoms with E-state index in [1.54, 1.807) is 0 Å². The number of hydrogen-bond donors (Lipinski definition) is 1. The SMILES string of the molecule is CCC1CCCC1(O)c1cccc2ccccc12. The van der Waals surface area contributed by atoms with Crippen LogP contribution in [0.3, 0.4) is 0 Å². The molecule has 94 valence electrons. The lowest BCUT2D eigenvalue weighted by Crippen LogP contribution is -2.30. The van der Waals surface area contributed by atoms with E-state index in [1.807, 2.05) is 0 Å². The molecular weight excluding hydrogens is 220 g/mol. The number of fused-ring (bicyclic) bond motifs is 1. The number of aliphatic hydroxyl groups is 1. The van der Waals surface area contributed by atoms with Gasteiger partial charge in [-0.25, -0.2) is 0 Å². The van der Waals surface area contributed by atoms with Crippen LogP contribution in [0, 0.1) is 5.92 Å². The van der Waals surface area contributed by atoms with E-state index in [9.17, 15) is 5.11 Å². The van der Waals surface area contributed by atoms with Crippen molar-refractivity contribution in [3.63, 3.8) is 0 Å². The fourth-order valence-electron chi connectivity index (χ4n) is 3.56. The van der Waals surface area contributed by atoms with Gasteiger partial charge in [-0.05, 0) is 41.5 Å². The monoisotopic (exact) mass is 240 g/mol. The standard InChI is InChI=1S/C17H20O/c1-2-14-9-6-12-17(14,18)16-11-5-8-13-7-3-4-10-15(13)16/h3-5,7-8,10-11,14,18H,2,6,9,12H2,1H3. The minimum Gasteiger partial charge on any atom is -0.385 e. The first kappa shape index (κ1) is 11.7. The molecule has 2 unspecified atom stereocenters. The summed E-state index contributed by atoms with van der Waals surface area (Å²) in [7, 11) is 0. The lowest BCUT2D eigenvalue weighted by atomic mass is 9.80. The van der Waals surface area contributed by atoms with Gasteiger partial charge in [0.2, 0.25) is 0 Å². The Morgan fingerprint density at radius 1 is 1.17 bits per heavy atom. The van der Waals surface area contributed by atoms with Gasteiger partial charge >= 0.3 is 0 Å². The van der Waals surface area contributed by atoms with E-state index < -0.39 is 5.60 Å². The average Bonchev–Trinajstić information content (AvgIpc) is 2.80. The van der Waals surface area contributed by atoms with Crippen molar-refractivity contribution in [3.05, 3.63) is 48.0 Å². The van der Waals surface area contributed by atoms with Crippen LogP contribution in [0.4, 0.5) is 0 Å². The van der Waals surface area contributed by atoms with Crippen molar-refractivity contribution < 1.29 is 5.11 Å². The van der Waals surface area contributed by atoms with Crippen molar-refractivity contribution in [3.8, 4) is 0 Å². The predicted octanol–water partition coefficient (Wildman–Crippen LogP) is 4.24. The molecule has 0 saturated heterocycles. The summed E-state index contributed by atoms with van der Waals surface area (Å²) < 4.78 is 0. The molecule has 18 heavy (non-hydrogen) atoms. The van der Waals surface area contributed by atoms with Crippen LogP contribution in [0.25, 0.3) is 10.8 Å². The van der Waals surface area contributed by atoms with Gasteiger partial charge in [0.25, 0.3) is 0 Å². The molecule has 1 N–H and O–H groups in total. The third-order valence-electron chi connectivity index (χ3n) is 4.53. The maximum atomic E-state index is 11.1. The summed E-state index contributed by atoms with van der Waals surface area (Å²) in [6, 6.07) is 14.7. The van der Waals surface area contributed by atoms with E-state index in [0.717, 1.165) is 31.2 Å². The lowest BCUT2D eigenvalue weighted by Gasteiger charge is -2.31. The normalized spacial score (nSPS) is 27.8. The number of rotatable bonds is 2. The maximum absolute atomic E-state index is 11.1. The van der Waals surface area contributed by atoms with E-state index in [1.165, 1.54) is 10.8 Å². The molecule has 1 aliphatic carbocycles. The zero-order chi connectivity index (χ0) is 12.6. The van der Waals surface area contributed by atoms with E-state index >= 15 is 0 Å². The molecule has 0 radical (unpaired) electrons. The first-order valence-electron chi connectivity index (χ1n) is 6.96. The fourth-order valence-corrected chi connectivity index (χ4v) is 3.56. The van der Waals surface area contributed by atoms with Crippen LogP contribution in [0.15, 0.2) is 42.5 Å². The van der Waals surface area contributed by atoms with Crippen LogP contribution in [0.1, 0.15) is 38.2 Å². The molecule has 2 aromatic rings. The zero-order valence-corrected chi connectivity index (χ0v) is 10.9. The van der Waals surface area contributed by atoms with E-state index in [-0.39, 0.29) is 0 Å². The second-order valence-corrected chi connectivity index (χ2v) is 5.45. The summed E-state index contributed by atoms with van der Waals surface area (Å²) in [5.74, 6) is 0.406. The van der Waals surface area contributed by atoms with Crippen LogP contribution >= 0.6 is 0 Å². The minimum atomic E-state index is -0.615. The Bertz CT molecular complexity index is 555. The molecule has 0 aromatic heterocycles. The first-order chi connectivity index (χ1) is 8.75. The lowest BCUT2D eigenvalue weighted by molar-refractivity contribution is -0.00245. The fraction of sp³-hybridized carbons (Fsp3) is 0.412. The Kier molecular flexibility index (Phi) is 2.87. The quantitative estimate of drug-likeness (QED) is 0.832. The molecule has 3 rings (SSSR count). The van der Waals surface area contributed by atoms with Crippen LogP contribution in [-0.4, -0.2) is 5.11 Å². The van der Waals surface area contributed by atoms with Gasteiger partial charge in [-0.2, -0.15) is 0 Å². The minimum absolute atomic E-state index is 0.406. The summed E-state index contributed by atoms with van der Waals surface area (Å²) in [5.41, 5.74) is 0.514. The van der Waals surface area contributed by atoms with Crippen molar-refractivity contribution in [2.24, 2.45) is 5.92 Å². The topological polar surface area (TPSA) is 20.2 Å². The van der Waals surface area contributed by atoms with Crippen molar-refractivity contribution in [1.82, 2.24) is 0 Å². The Labute approximate surface area is 108 Å². The average molecular weight is 240 g/mol. The van der Waals surface area contributed by atoms with Gasteiger partial charge in [-0.15, -0.1) is 0 Å². The second-order valence-electron chi connectivity index (χ2n) is 5.45. The molecule has 1 heteroatoms. The molecular formula is C17H20O. The van der Waals surface area contributed by atoms with Crippen molar-refractivity contribution >= 4 is 10.8 Å². The van der Waals surface area contributed by atoms with Gasteiger partial charge in [-0.3, -0.25) is 0 Å². The zero-order valence-electron chi connectivity index (χ0n) is 10.9. The molecule has 1 saturated carbocycles. The molecule has 1 nitrogen and oxygen atoms in total. The molecule has 0 bridgehead atoms. The Balaban J connectivity index is 2.19. The van der Waals surface area contributed by atoms with Crippen LogP contribution in [-0.2, 0) is 5.60 Å². The molecule has 0 aliphatic heterocycles. The smallest absolute Gasteiger partial charge is 0.0930 e. The Hall–Kier alpha value is -1.34. The highest BCUT2D eigenvalue weighted by molar-refractivity contribution is 5.86. The number of benzene rings is 2. The third-order valence-corrected chi connectivity index (χ3v) is 4.53. The van der Waals surface area contributed by atoms with Gasteiger partial charge in [-0.1, -0.05) is 55.8 Å². The third kappa shape index (κ3) is 1.65. The number of hydrogen-bond acceptors (Lipinski definition) is 1. The van der Waals surface area contributed by atoms with E-state index in [2.05, 4.69) is 49.4 Å². The molecule has 2 aromatic carbocycles. The van der Waals surface area contributed by atoms with Crippen LogP contribution < -0.4 is 0 Å². The first-order valence-corrected chi connectivity index (χ1v) is 6.96. The van der Waals surface area contributed by atoms with E-state index in [4.69, 9.17) is 0 Å². The van der Waals surface area contributed by atoms with Gasteiger partial charge in [0.1, 0.15) is 0 Å².